The van der Waals surface area contributed by atoms with Gasteiger partial charge in [0.2, 0.25) is 0 Å². The average Bonchev–Trinajstić information content (AvgIpc) is 1.70. The molecule has 5 atom stereocenters. The summed E-state index contributed by atoms with van der Waals surface area (Å²) in [5, 5.41) is 59.5. The molecule has 1 saturated carbocycles. The van der Waals surface area contributed by atoms with E-state index < -0.39 is 0 Å². The van der Waals surface area contributed by atoms with E-state index in [2.05, 4.69) is 261 Å². The van der Waals surface area contributed by atoms with Gasteiger partial charge < -0.3 is 35.7 Å². The van der Waals surface area contributed by atoms with Crippen LogP contribution in [0, 0.1) is 13.8 Å². The summed E-state index contributed by atoms with van der Waals surface area (Å²) in [5.41, 5.74) is 11.6. The highest BCUT2D eigenvalue weighted by atomic mass is 32.2. The number of hydrogen-bond donors (Lipinski definition) is 16. The summed E-state index contributed by atoms with van der Waals surface area (Å²) in [5.74, 6) is 5.30. The standard InChI is InChI=1S/C23H25N5OS.C21H23N5OS.C21H22N4OS2.C20H21N5OS.C20H20N4OS2/c29-23-19-9-8-17(13-21(19)26-28-23)30-18(12-15-4-2-1-3-5-15)10-11-24-22-14-20(25-27-22)16-6-7-16;1-26-13-20(23-14-26)22-10-9-17(11-15-5-3-2-4-6-15)28-16-7-8-18-19(12-16)24-25-21(18)27;1-14-13-23-21(27-14)22-10-9-17(11-15-5-3-2-4-6-15)28-16-7-8-18-19(12-16)24-25-20(18)26;1-25-12-19(21-13-25)22-17(14-5-3-2-4-6-14)9-10-27-15-7-8-16-18(11-15)23-24-20(16)26;1-13-12-21-20(27-13)22-17(14-5-3-2-4-6-14)9-10-26-15-7-8-16-18(11-15)23-24-19(16)25/h1-5,8-9,13-14,16,18H,6-7,10-12H2,(H2,24,25,27)(H2,26,28,29);2-8,12-14,17,22H,9-11H2,1H3,(H2,24,25,27);2-8,12-13,17H,9-11H2,1H3,(H,22,23)(H2,24,25,26);2-8,11-13,17,22H,9-10H2,1H3,(H2,23,24,26);2-8,11-12,17H,9-10H2,1H3,(H,21,22)(H2,23,24,25). The highest BCUT2D eigenvalue weighted by Gasteiger charge is 2.26. The Kier molecular flexibility index (Phi) is 34.0. The smallest absolute Gasteiger partial charge is 0.271 e. The van der Waals surface area contributed by atoms with E-state index in [1.165, 1.54) is 56.1 Å². The monoisotopic (exact) mass is 2000 g/mol. The topological polar surface area (TPSA) is 394 Å². The van der Waals surface area contributed by atoms with E-state index >= 15 is 0 Å². The maximum absolute atomic E-state index is 11.8. The van der Waals surface area contributed by atoms with Crippen molar-refractivity contribution in [2.24, 2.45) is 14.1 Å². The number of nitrogens with one attached hydrogen (secondary N) is 16. The highest BCUT2D eigenvalue weighted by Crippen LogP contribution is 2.41. The third kappa shape index (κ3) is 28.3. The number of anilines is 5. The molecule has 0 saturated heterocycles. The summed E-state index contributed by atoms with van der Waals surface area (Å²) in [6.07, 6.45) is 21.8. The SMILES string of the molecule is Cc1cnc(NC(CCSc2ccc3c(=O)[nH][nH]c3c2)c2ccccc2)s1.Cc1cnc(NCCC(Cc2ccccc2)Sc2ccc3c(=O)[nH][nH]c3c2)s1.Cn1cnc(NC(CCSc2ccc3c(=O)[nH][nH]c3c2)c2ccccc2)c1.Cn1cnc(NCCC(Cc2ccccc2)Sc2ccc3c(=O)[nH][nH]c3c2)c1.O=c1[nH][nH]c2cc(SC(CCNc3cc(C4CC4)[nH]n3)Cc3ccccc3)ccc12. The first-order valence-corrected chi connectivity index (χ1v) is 52.8. The average molecular weight is 2000 g/mol. The Morgan fingerprint density at radius 2 is 0.707 bits per heavy atom. The van der Waals surface area contributed by atoms with Crippen LogP contribution >= 0.6 is 81.5 Å². The first kappa shape index (κ1) is 97.8. The van der Waals surface area contributed by atoms with Crippen molar-refractivity contribution in [1.82, 2.24) is 90.3 Å². The number of hydrogen-bond acceptors (Lipinski definition) is 22. The van der Waals surface area contributed by atoms with Gasteiger partial charge in [-0.05, 0) is 197 Å². The lowest BCUT2D eigenvalue weighted by Crippen LogP contribution is -2.14. The molecule has 16 N–H and O–H groups in total. The minimum absolute atomic E-state index is 0.0730. The van der Waals surface area contributed by atoms with Gasteiger partial charge >= 0.3 is 0 Å². The first-order chi connectivity index (χ1) is 68.5. The Hall–Kier alpha value is -13.8. The molecule has 718 valence electrons. The number of aryl methyl sites for hydroxylation is 4. The van der Waals surface area contributed by atoms with Gasteiger partial charge in [0, 0.05) is 138 Å². The summed E-state index contributed by atoms with van der Waals surface area (Å²) in [4.78, 5) is 84.2. The molecular formula is C105H111N23O5S7. The Balaban J connectivity index is 0.000000121. The van der Waals surface area contributed by atoms with Crippen molar-refractivity contribution in [3.05, 3.63) is 381 Å². The van der Waals surface area contributed by atoms with Crippen LogP contribution in [-0.4, -0.2) is 137 Å². The van der Waals surface area contributed by atoms with Crippen molar-refractivity contribution in [2.75, 3.05) is 57.7 Å². The summed E-state index contributed by atoms with van der Waals surface area (Å²) >= 11 is 12.5. The second-order valence-corrected chi connectivity index (χ2v) is 43.2. The zero-order valence-electron chi connectivity index (χ0n) is 77.7. The number of thiazole rings is 2. The van der Waals surface area contributed by atoms with Crippen molar-refractivity contribution in [2.45, 2.75) is 136 Å². The van der Waals surface area contributed by atoms with Crippen LogP contribution in [-0.2, 0) is 33.4 Å². The molecule has 1 aliphatic rings. The van der Waals surface area contributed by atoms with Gasteiger partial charge in [0.1, 0.15) is 17.5 Å². The van der Waals surface area contributed by atoms with E-state index in [-0.39, 0.29) is 39.9 Å². The van der Waals surface area contributed by atoms with Crippen molar-refractivity contribution in [1.29, 1.82) is 0 Å². The summed E-state index contributed by atoms with van der Waals surface area (Å²) in [7, 11) is 3.93. The van der Waals surface area contributed by atoms with Crippen LogP contribution in [0.25, 0.3) is 54.5 Å². The van der Waals surface area contributed by atoms with Crippen LogP contribution in [0.15, 0.2) is 335 Å². The fourth-order valence-corrected chi connectivity index (χ4v) is 23.2. The normalized spacial score (nSPS) is 12.9. The predicted molar refractivity (Wildman–Crippen MR) is 580 cm³/mol. The van der Waals surface area contributed by atoms with Crippen LogP contribution in [0.4, 0.5) is 27.7 Å². The van der Waals surface area contributed by atoms with Gasteiger partial charge in [0.15, 0.2) is 10.3 Å². The molecular weight excluding hydrogens is 1890 g/mol. The minimum Gasteiger partial charge on any atom is -0.369 e. The fourth-order valence-electron chi connectivity index (χ4n) is 16.2. The van der Waals surface area contributed by atoms with Gasteiger partial charge in [-0.2, -0.15) is 5.10 Å². The maximum atomic E-state index is 11.8. The van der Waals surface area contributed by atoms with Crippen LogP contribution < -0.4 is 54.4 Å². The maximum Gasteiger partial charge on any atom is 0.271 e. The molecule has 1 fully saturated rings. The second-order valence-electron chi connectivity index (χ2n) is 34.2. The van der Waals surface area contributed by atoms with Crippen LogP contribution in [0.1, 0.15) is 106 Å². The van der Waals surface area contributed by atoms with Crippen LogP contribution in [0.5, 0.6) is 0 Å². The first-order valence-electron chi connectivity index (χ1n) is 46.6. The van der Waals surface area contributed by atoms with Gasteiger partial charge in [-0.25, -0.2) is 19.9 Å². The number of thioether (sulfide) groups is 5. The Labute approximate surface area is 836 Å². The predicted octanol–water partition coefficient (Wildman–Crippen LogP) is 22.2. The molecule has 21 rings (SSSR count). The third-order valence-electron chi connectivity index (χ3n) is 23.5. The van der Waals surface area contributed by atoms with Gasteiger partial charge in [-0.1, -0.05) is 152 Å². The number of benzene rings is 10. The van der Waals surface area contributed by atoms with Gasteiger partial charge in [0.05, 0.1) is 79.3 Å². The lowest BCUT2D eigenvalue weighted by atomic mass is 10.0. The molecule has 10 heterocycles. The van der Waals surface area contributed by atoms with E-state index in [0.717, 1.165) is 162 Å². The molecule has 35 heteroatoms. The minimum atomic E-state index is -0.0785. The molecule has 10 aromatic heterocycles. The summed E-state index contributed by atoms with van der Waals surface area (Å²) in [6.45, 7) is 6.73. The number of fused-ring (bicyclic) bond motifs is 5. The van der Waals surface area contributed by atoms with Crippen molar-refractivity contribution in [3.63, 3.8) is 0 Å². The lowest BCUT2D eigenvalue weighted by Gasteiger charge is -2.19. The number of imidazole rings is 2. The molecule has 0 bridgehead atoms. The number of aromatic amines is 11. The number of aromatic nitrogens is 18. The van der Waals surface area contributed by atoms with Crippen molar-refractivity contribution < 1.29 is 0 Å². The van der Waals surface area contributed by atoms with Gasteiger partial charge in [-0.3, -0.25) is 80.1 Å². The largest absolute Gasteiger partial charge is 0.369 e. The molecule has 0 amide bonds. The molecule has 20 aromatic rings. The van der Waals surface area contributed by atoms with E-state index in [1.807, 2.05) is 192 Å². The van der Waals surface area contributed by atoms with Crippen LogP contribution in [0.2, 0.25) is 0 Å². The van der Waals surface area contributed by atoms with Gasteiger partial charge in [-0.15, -0.1) is 81.5 Å². The molecule has 28 nitrogen and oxygen atoms in total. The number of nitrogens with zero attached hydrogens (tertiary/aromatic N) is 7. The number of H-pyrrole nitrogens is 11. The molecule has 0 spiro atoms. The number of rotatable bonds is 39. The van der Waals surface area contributed by atoms with E-state index in [0.29, 0.717) is 48.6 Å². The lowest BCUT2D eigenvalue weighted by molar-refractivity contribution is 0.752. The molecule has 0 aliphatic heterocycles. The zero-order valence-corrected chi connectivity index (χ0v) is 83.5. The quantitative estimate of drug-likeness (QED) is 0.0159. The van der Waals surface area contributed by atoms with Gasteiger partial charge in [0.25, 0.3) is 27.8 Å². The van der Waals surface area contributed by atoms with Crippen LogP contribution in [0.3, 0.4) is 0 Å². The fraction of sp³-hybridized carbons (Fsp3) is 0.238. The summed E-state index contributed by atoms with van der Waals surface area (Å²) < 4.78 is 3.87. The van der Waals surface area contributed by atoms with Crippen molar-refractivity contribution >= 4 is 164 Å². The molecule has 5 unspecified atom stereocenters. The molecule has 10 aromatic carbocycles. The van der Waals surface area contributed by atoms with Crippen molar-refractivity contribution in [3.8, 4) is 0 Å². The molecule has 140 heavy (non-hydrogen) atoms. The zero-order chi connectivity index (χ0) is 96.3. The summed E-state index contributed by atoms with van der Waals surface area (Å²) in [6, 6.07) is 84.9. The molecule has 1 aliphatic carbocycles. The Morgan fingerprint density at radius 1 is 0.364 bits per heavy atom. The second kappa shape index (κ2) is 48.7. The third-order valence-corrected chi connectivity index (χ3v) is 31.0. The Bertz CT molecular complexity index is 7260. The highest BCUT2D eigenvalue weighted by molar-refractivity contribution is 8.00. The molecule has 0 radical (unpaired) electrons. The Morgan fingerprint density at radius 3 is 1.07 bits per heavy atom. The van der Waals surface area contributed by atoms with E-state index in [9.17, 15) is 24.0 Å². The van der Waals surface area contributed by atoms with E-state index in [4.69, 9.17) is 0 Å². The van der Waals surface area contributed by atoms with E-state index in [1.54, 1.807) is 58.9 Å².